The van der Waals surface area contributed by atoms with Crippen LogP contribution in [0, 0.1) is 17.8 Å². The fourth-order valence-corrected chi connectivity index (χ4v) is 2.00. The van der Waals surface area contributed by atoms with Crippen LogP contribution < -0.4 is 5.32 Å². The summed E-state index contributed by atoms with van der Waals surface area (Å²) >= 11 is 0. The number of carbonyl (C=O) groups excluding carboxylic acids is 1. The lowest BCUT2D eigenvalue weighted by atomic mass is 9.89. The minimum Gasteiger partial charge on any atom is -0.381 e. The van der Waals surface area contributed by atoms with Gasteiger partial charge in [-0.15, -0.1) is 0 Å². The van der Waals surface area contributed by atoms with Gasteiger partial charge in [-0.1, -0.05) is 27.7 Å². The van der Waals surface area contributed by atoms with Crippen LogP contribution in [-0.2, 0) is 9.53 Å². The Hall–Kier alpha value is -0.570. The zero-order chi connectivity index (χ0) is 11.4. The normalized spacial score (nSPS) is 23.5. The Morgan fingerprint density at radius 3 is 2.40 bits per heavy atom. The van der Waals surface area contributed by atoms with Crippen molar-refractivity contribution in [3.8, 4) is 0 Å². The first-order chi connectivity index (χ1) is 7.02. The van der Waals surface area contributed by atoms with Crippen molar-refractivity contribution in [2.24, 2.45) is 17.8 Å². The van der Waals surface area contributed by atoms with Crippen LogP contribution >= 0.6 is 0 Å². The van der Waals surface area contributed by atoms with Gasteiger partial charge in [0.15, 0.2) is 0 Å². The highest BCUT2D eigenvalue weighted by Gasteiger charge is 2.29. The predicted molar refractivity (Wildman–Crippen MR) is 60.5 cm³/mol. The Morgan fingerprint density at radius 2 is 2.00 bits per heavy atom. The van der Waals surface area contributed by atoms with Gasteiger partial charge in [0.05, 0.1) is 6.61 Å². The summed E-state index contributed by atoms with van der Waals surface area (Å²) in [4.78, 5) is 11.7. The van der Waals surface area contributed by atoms with Gasteiger partial charge < -0.3 is 10.1 Å². The number of amides is 1. The molecule has 1 aliphatic heterocycles. The molecule has 3 heteroatoms. The van der Waals surface area contributed by atoms with Crippen molar-refractivity contribution in [2.45, 2.75) is 40.2 Å². The maximum atomic E-state index is 11.7. The number of carbonyl (C=O) groups is 1. The van der Waals surface area contributed by atoms with Crippen LogP contribution in [0.5, 0.6) is 0 Å². The molecule has 15 heavy (non-hydrogen) atoms. The SMILES string of the molecule is CC(C)C(=O)N[C@H](C(C)C)[C@@H]1CCOC1. The number of hydrogen-bond donors (Lipinski definition) is 1. The standard InChI is InChI=1S/C12H23NO2/c1-8(2)11(10-5-6-15-7-10)13-12(14)9(3)4/h8-11H,5-7H2,1-4H3,(H,13,14)/t10-,11-/m1/s1. The van der Waals surface area contributed by atoms with Crippen LogP contribution in [0.4, 0.5) is 0 Å². The van der Waals surface area contributed by atoms with Crippen molar-refractivity contribution < 1.29 is 9.53 Å². The van der Waals surface area contributed by atoms with Crippen molar-refractivity contribution in [3.05, 3.63) is 0 Å². The summed E-state index contributed by atoms with van der Waals surface area (Å²) in [5.74, 6) is 1.18. The summed E-state index contributed by atoms with van der Waals surface area (Å²) in [7, 11) is 0. The number of rotatable bonds is 4. The molecule has 3 nitrogen and oxygen atoms in total. The van der Waals surface area contributed by atoms with Gasteiger partial charge in [-0.05, 0) is 12.3 Å². The molecule has 0 aromatic heterocycles. The Labute approximate surface area is 92.6 Å². The topological polar surface area (TPSA) is 38.3 Å². The molecular formula is C12H23NO2. The zero-order valence-corrected chi connectivity index (χ0v) is 10.2. The van der Waals surface area contributed by atoms with E-state index in [1.807, 2.05) is 13.8 Å². The summed E-state index contributed by atoms with van der Waals surface area (Å²) < 4.78 is 5.38. The predicted octanol–water partition coefficient (Wildman–Crippen LogP) is 1.82. The summed E-state index contributed by atoms with van der Waals surface area (Å²) in [6.45, 7) is 9.80. The lowest BCUT2D eigenvalue weighted by Gasteiger charge is -2.28. The second-order valence-electron chi connectivity index (χ2n) is 5.06. The average molecular weight is 213 g/mol. The number of hydrogen-bond acceptors (Lipinski definition) is 2. The van der Waals surface area contributed by atoms with E-state index in [0.717, 1.165) is 19.6 Å². The summed E-state index contributed by atoms with van der Waals surface area (Å²) in [5.41, 5.74) is 0. The van der Waals surface area contributed by atoms with E-state index in [4.69, 9.17) is 4.74 Å². The Kier molecular flexibility index (Phi) is 4.58. The molecular weight excluding hydrogens is 190 g/mol. The number of nitrogens with one attached hydrogen (secondary N) is 1. The first kappa shape index (κ1) is 12.5. The summed E-state index contributed by atoms with van der Waals surface area (Å²) in [6, 6.07) is 0.266. The monoisotopic (exact) mass is 213 g/mol. The third-order valence-electron chi connectivity index (χ3n) is 3.02. The van der Waals surface area contributed by atoms with Gasteiger partial charge in [0.25, 0.3) is 0 Å². The summed E-state index contributed by atoms with van der Waals surface area (Å²) in [6.07, 6.45) is 1.07. The molecule has 88 valence electrons. The van der Waals surface area contributed by atoms with Crippen molar-refractivity contribution in [2.75, 3.05) is 13.2 Å². The van der Waals surface area contributed by atoms with Crippen molar-refractivity contribution >= 4 is 5.91 Å². The lowest BCUT2D eigenvalue weighted by molar-refractivity contribution is -0.125. The molecule has 1 saturated heterocycles. The number of ether oxygens (including phenoxy) is 1. The van der Waals surface area contributed by atoms with Gasteiger partial charge in [-0.2, -0.15) is 0 Å². The van der Waals surface area contributed by atoms with E-state index < -0.39 is 0 Å². The largest absolute Gasteiger partial charge is 0.381 e. The van der Waals surface area contributed by atoms with E-state index in [1.165, 1.54) is 0 Å². The Balaban J connectivity index is 2.54. The first-order valence-electron chi connectivity index (χ1n) is 5.90. The van der Waals surface area contributed by atoms with Gasteiger partial charge >= 0.3 is 0 Å². The smallest absolute Gasteiger partial charge is 0.222 e. The minimum atomic E-state index is 0.0635. The van der Waals surface area contributed by atoms with Gasteiger partial charge in [0.1, 0.15) is 0 Å². The first-order valence-corrected chi connectivity index (χ1v) is 5.90. The third-order valence-corrected chi connectivity index (χ3v) is 3.02. The molecule has 1 amide bonds. The molecule has 2 atom stereocenters. The molecule has 0 aliphatic carbocycles. The van der Waals surface area contributed by atoms with Crippen molar-refractivity contribution in [1.82, 2.24) is 5.32 Å². The van der Waals surface area contributed by atoms with Crippen LogP contribution in [0.2, 0.25) is 0 Å². The molecule has 1 N–H and O–H groups in total. The Morgan fingerprint density at radius 1 is 1.33 bits per heavy atom. The molecule has 0 spiro atoms. The lowest BCUT2D eigenvalue weighted by Crippen LogP contribution is -2.45. The van der Waals surface area contributed by atoms with E-state index in [1.54, 1.807) is 0 Å². The van der Waals surface area contributed by atoms with Crippen LogP contribution in [0.15, 0.2) is 0 Å². The van der Waals surface area contributed by atoms with Gasteiger partial charge in [-0.3, -0.25) is 4.79 Å². The molecule has 1 fully saturated rings. The average Bonchev–Trinajstić information content (AvgIpc) is 2.65. The molecule has 1 heterocycles. The van der Waals surface area contributed by atoms with E-state index in [2.05, 4.69) is 19.2 Å². The van der Waals surface area contributed by atoms with E-state index in [0.29, 0.717) is 11.8 Å². The molecule has 1 rings (SSSR count). The molecule has 0 aromatic rings. The van der Waals surface area contributed by atoms with Gasteiger partial charge in [0, 0.05) is 24.5 Å². The van der Waals surface area contributed by atoms with E-state index in [9.17, 15) is 4.79 Å². The highest BCUT2D eigenvalue weighted by atomic mass is 16.5. The fraction of sp³-hybridized carbons (Fsp3) is 0.917. The van der Waals surface area contributed by atoms with Crippen molar-refractivity contribution in [3.63, 3.8) is 0 Å². The van der Waals surface area contributed by atoms with Crippen LogP contribution in [0.25, 0.3) is 0 Å². The van der Waals surface area contributed by atoms with Crippen LogP contribution in [0.3, 0.4) is 0 Å². The second kappa shape index (κ2) is 5.50. The van der Waals surface area contributed by atoms with E-state index in [-0.39, 0.29) is 17.9 Å². The molecule has 0 bridgehead atoms. The Bertz CT molecular complexity index is 208. The second-order valence-corrected chi connectivity index (χ2v) is 5.06. The van der Waals surface area contributed by atoms with Crippen molar-refractivity contribution in [1.29, 1.82) is 0 Å². The molecule has 0 saturated carbocycles. The maximum absolute atomic E-state index is 11.7. The third kappa shape index (κ3) is 3.49. The molecule has 0 radical (unpaired) electrons. The van der Waals surface area contributed by atoms with Gasteiger partial charge in [-0.25, -0.2) is 0 Å². The van der Waals surface area contributed by atoms with Crippen LogP contribution in [-0.4, -0.2) is 25.2 Å². The maximum Gasteiger partial charge on any atom is 0.222 e. The van der Waals surface area contributed by atoms with Gasteiger partial charge in [0.2, 0.25) is 5.91 Å². The molecule has 1 aliphatic rings. The van der Waals surface area contributed by atoms with E-state index >= 15 is 0 Å². The highest BCUT2D eigenvalue weighted by Crippen LogP contribution is 2.22. The summed E-state index contributed by atoms with van der Waals surface area (Å²) in [5, 5.41) is 3.14. The molecule has 0 unspecified atom stereocenters. The highest BCUT2D eigenvalue weighted by molar-refractivity contribution is 5.78. The molecule has 0 aromatic carbocycles. The minimum absolute atomic E-state index is 0.0635. The fourth-order valence-electron chi connectivity index (χ4n) is 2.00. The zero-order valence-electron chi connectivity index (χ0n) is 10.2. The van der Waals surface area contributed by atoms with Crippen LogP contribution in [0.1, 0.15) is 34.1 Å². The quantitative estimate of drug-likeness (QED) is 0.773.